The maximum atomic E-state index is 12.4. The summed E-state index contributed by atoms with van der Waals surface area (Å²) in [6.07, 6.45) is 3.66. The molecule has 0 aromatic carbocycles. The van der Waals surface area contributed by atoms with Gasteiger partial charge in [-0.1, -0.05) is 11.3 Å². The van der Waals surface area contributed by atoms with Crippen LogP contribution >= 0.6 is 11.3 Å². The van der Waals surface area contributed by atoms with Gasteiger partial charge in [-0.3, -0.25) is 4.79 Å². The number of likely N-dealkylation sites (tertiary alicyclic amines) is 1. The zero-order chi connectivity index (χ0) is 13.9. The largest absolute Gasteiger partial charge is 0.390 e. The number of carbonyl (C=O) groups excluding carboxylic acids is 1. The van der Waals surface area contributed by atoms with E-state index < -0.39 is 0 Å². The van der Waals surface area contributed by atoms with Gasteiger partial charge in [-0.25, -0.2) is 4.68 Å². The first-order valence-corrected chi connectivity index (χ1v) is 7.48. The van der Waals surface area contributed by atoms with E-state index in [-0.39, 0.29) is 25.1 Å². The maximum Gasteiger partial charge on any atom is 0.244 e. The van der Waals surface area contributed by atoms with Gasteiger partial charge < -0.3 is 10.0 Å². The van der Waals surface area contributed by atoms with Crippen LogP contribution in [0.3, 0.4) is 0 Å². The highest BCUT2D eigenvalue weighted by Crippen LogP contribution is 2.34. The van der Waals surface area contributed by atoms with Crippen LogP contribution < -0.4 is 0 Å². The van der Waals surface area contributed by atoms with Crippen LogP contribution in [0, 0.1) is 0 Å². The Bertz CT molecular complexity index is 581. The van der Waals surface area contributed by atoms with E-state index in [1.807, 2.05) is 16.3 Å². The molecule has 1 atom stereocenters. The molecule has 1 saturated heterocycles. The molecule has 20 heavy (non-hydrogen) atoms. The van der Waals surface area contributed by atoms with Crippen molar-refractivity contribution in [2.75, 3.05) is 6.54 Å². The average Bonchev–Trinajstić information content (AvgIpc) is 3.19. The molecule has 1 unspecified atom stereocenters. The number of hydrogen-bond donors (Lipinski definition) is 1. The predicted molar refractivity (Wildman–Crippen MR) is 74.0 cm³/mol. The fraction of sp³-hybridized carbons (Fsp3) is 0.462. The highest BCUT2D eigenvalue weighted by atomic mass is 32.1. The number of hydrogen-bond acceptors (Lipinski definition) is 5. The molecule has 2 aromatic rings. The van der Waals surface area contributed by atoms with Crippen LogP contribution in [0.5, 0.6) is 0 Å². The SMILES string of the molecule is O=C(Cn1cc(CO)nn1)N1CCCC1c1cccs1. The molecule has 7 heteroatoms. The maximum absolute atomic E-state index is 12.4. The average molecular weight is 292 g/mol. The van der Waals surface area contributed by atoms with Gasteiger partial charge in [-0.2, -0.15) is 0 Å². The van der Waals surface area contributed by atoms with Crippen LogP contribution in [-0.2, 0) is 17.9 Å². The number of aliphatic hydroxyl groups is 1. The highest BCUT2D eigenvalue weighted by molar-refractivity contribution is 7.10. The summed E-state index contributed by atoms with van der Waals surface area (Å²) in [6.45, 7) is 0.813. The molecule has 106 valence electrons. The van der Waals surface area contributed by atoms with E-state index >= 15 is 0 Å². The third-order valence-corrected chi connectivity index (χ3v) is 4.46. The molecule has 3 rings (SSSR count). The Balaban J connectivity index is 1.70. The summed E-state index contributed by atoms with van der Waals surface area (Å²) in [6, 6.07) is 4.30. The monoisotopic (exact) mass is 292 g/mol. The van der Waals surface area contributed by atoms with Crippen molar-refractivity contribution in [1.29, 1.82) is 0 Å². The van der Waals surface area contributed by atoms with Crippen molar-refractivity contribution in [3.8, 4) is 0 Å². The molecule has 1 amide bonds. The number of rotatable bonds is 4. The van der Waals surface area contributed by atoms with Gasteiger partial charge in [0.05, 0.1) is 18.8 Å². The number of carbonyl (C=O) groups is 1. The first-order valence-electron chi connectivity index (χ1n) is 6.60. The Morgan fingerprint density at radius 2 is 2.45 bits per heavy atom. The van der Waals surface area contributed by atoms with Crippen molar-refractivity contribution >= 4 is 17.2 Å². The Kier molecular flexibility index (Phi) is 3.79. The number of aromatic nitrogens is 3. The lowest BCUT2D eigenvalue weighted by Gasteiger charge is -2.23. The van der Waals surface area contributed by atoms with Gasteiger partial charge in [0.1, 0.15) is 12.2 Å². The van der Waals surface area contributed by atoms with Gasteiger partial charge in [0, 0.05) is 11.4 Å². The predicted octanol–water partition coefficient (Wildman–Crippen LogP) is 1.20. The molecule has 0 radical (unpaired) electrons. The summed E-state index contributed by atoms with van der Waals surface area (Å²) < 4.78 is 1.48. The third-order valence-electron chi connectivity index (χ3n) is 3.49. The van der Waals surface area contributed by atoms with Crippen LogP contribution in [0.2, 0.25) is 0 Å². The van der Waals surface area contributed by atoms with Crippen molar-refractivity contribution in [2.45, 2.75) is 32.0 Å². The second kappa shape index (κ2) is 5.72. The van der Waals surface area contributed by atoms with Crippen molar-refractivity contribution in [1.82, 2.24) is 19.9 Å². The lowest BCUT2D eigenvalue weighted by molar-refractivity contribution is -0.132. The van der Waals surface area contributed by atoms with Crippen LogP contribution in [-0.4, -0.2) is 37.5 Å². The zero-order valence-corrected chi connectivity index (χ0v) is 11.8. The fourth-order valence-electron chi connectivity index (χ4n) is 2.56. The quantitative estimate of drug-likeness (QED) is 0.919. The van der Waals surface area contributed by atoms with Crippen molar-refractivity contribution in [3.63, 3.8) is 0 Å². The summed E-state index contributed by atoms with van der Waals surface area (Å²) in [7, 11) is 0. The van der Waals surface area contributed by atoms with Crippen LogP contribution in [0.15, 0.2) is 23.7 Å². The summed E-state index contributed by atoms with van der Waals surface area (Å²) in [5.41, 5.74) is 0.481. The first kappa shape index (κ1) is 13.3. The number of nitrogens with zero attached hydrogens (tertiary/aromatic N) is 4. The van der Waals surface area contributed by atoms with Crippen LogP contribution in [0.4, 0.5) is 0 Å². The van der Waals surface area contributed by atoms with Gasteiger partial charge in [-0.05, 0) is 24.3 Å². The molecule has 0 bridgehead atoms. The van der Waals surface area contributed by atoms with E-state index in [1.54, 1.807) is 17.5 Å². The molecular weight excluding hydrogens is 276 g/mol. The first-order chi connectivity index (χ1) is 9.78. The normalized spacial score (nSPS) is 18.6. The Hall–Kier alpha value is -1.73. The molecular formula is C13H16N4O2S. The summed E-state index contributed by atoms with van der Waals surface area (Å²) in [4.78, 5) is 15.6. The van der Waals surface area contributed by atoms with Crippen LogP contribution in [0.25, 0.3) is 0 Å². The molecule has 0 saturated carbocycles. The topological polar surface area (TPSA) is 71.2 Å². The molecule has 0 aliphatic carbocycles. The second-order valence-corrected chi connectivity index (χ2v) is 5.81. The summed E-state index contributed by atoms with van der Waals surface area (Å²) in [5, 5.41) is 18.6. The number of thiophene rings is 1. The number of amides is 1. The highest BCUT2D eigenvalue weighted by Gasteiger charge is 2.30. The Morgan fingerprint density at radius 1 is 1.55 bits per heavy atom. The van der Waals surface area contributed by atoms with Gasteiger partial charge >= 0.3 is 0 Å². The molecule has 1 fully saturated rings. The van der Waals surface area contributed by atoms with Crippen molar-refractivity contribution in [3.05, 3.63) is 34.3 Å². The lowest BCUT2D eigenvalue weighted by atomic mass is 10.2. The zero-order valence-electron chi connectivity index (χ0n) is 11.0. The summed E-state index contributed by atoms with van der Waals surface area (Å²) in [5.74, 6) is 0.0512. The molecule has 1 aliphatic rings. The molecule has 6 nitrogen and oxygen atoms in total. The Labute approximate surface area is 120 Å². The van der Waals surface area contributed by atoms with Gasteiger partial charge in [0.25, 0.3) is 0 Å². The van der Waals surface area contributed by atoms with E-state index in [2.05, 4.69) is 16.4 Å². The third kappa shape index (κ3) is 2.59. The Morgan fingerprint density at radius 3 is 3.15 bits per heavy atom. The fourth-order valence-corrected chi connectivity index (χ4v) is 3.43. The number of aliphatic hydroxyl groups excluding tert-OH is 1. The summed E-state index contributed by atoms with van der Waals surface area (Å²) >= 11 is 1.69. The van der Waals surface area contributed by atoms with Crippen molar-refractivity contribution < 1.29 is 9.90 Å². The van der Waals surface area contributed by atoms with E-state index in [4.69, 9.17) is 5.11 Å². The minimum absolute atomic E-state index is 0.0512. The van der Waals surface area contributed by atoms with E-state index in [0.717, 1.165) is 19.4 Å². The second-order valence-electron chi connectivity index (χ2n) is 4.83. The van der Waals surface area contributed by atoms with Gasteiger partial charge in [0.15, 0.2) is 0 Å². The molecule has 0 spiro atoms. The smallest absolute Gasteiger partial charge is 0.244 e. The van der Waals surface area contributed by atoms with E-state index in [0.29, 0.717) is 5.69 Å². The van der Waals surface area contributed by atoms with Crippen LogP contribution in [0.1, 0.15) is 29.5 Å². The molecule has 3 heterocycles. The van der Waals surface area contributed by atoms with Gasteiger partial charge in [-0.15, -0.1) is 16.4 Å². The van der Waals surface area contributed by atoms with E-state index in [1.165, 1.54) is 9.56 Å². The lowest BCUT2D eigenvalue weighted by Crippen LogP contribution is -2.33. The minimum Gasteiger partial charge on any atom is -0.390 e. The minimum atomic E-state index is -0.157. The van der Waals surface area contributed by atoms with Gasteiger partial charge in [0.2, 0.25) is 5.91 Å². The molecule has 1 aliphatic heterocycles. The molecule has 1 N–H and O–H groups in total. The standard InChI is InChI=1S/C13H16N4O2S/c18-9-10-7-16(15-14-10)8-13(19)17-5-1-3-11(17)12-4-2-6-20-12/h2,4,6-7,11,18H,1,3,5,8-9H2. The van der Waals surface area contributed by atoms with Crippen molar-refractivity contribution in [2.24, 2.45) is 0 Å². The molecule has 2 aromatic heterocycles. The van der Waals surface area contributed by atoms with E-state index in [9.17, 15) is 4.79 Å².